The molecule has 104 valence electrons. The molecule has 0 saturated carbocycles. The number of allylic oxidation sites excluding steroid dienone is 1. The summed E-state index contributed by atoms with van der Waals surface area (Å²) in [4.78, 5) is 11.2. The quantitative estimate of drug-likeness (QED) is 0.466. The predicted molar refractivity (Wildman–Crippen MR) is 74.1 cm³/mol. The molecule has 0 amide bonds. The second kappa shape index (κ2) is 6.27. The zero-order chi connectivity index (χ0) is 14.6. The maximum Gasteiger partial charge on any atom is 0.308 e. The Hall–Kier alpha value is -1.97. The van der Waals surface area contributed by atoms with Crippen molar-refractivity contribution in [3.8, 4) is 17.2 Å². The Bertz CT molecular complexity index is 503. The third kappa shape index (κ3) is 3.50. The van der Waals surface area contributed by atoms with Gasteiger partial charge in [0.25, 0.3) is 0 Å². The van der Waals surface area contributed by atoms with E-state index in [2.05, 4.69) is 6.58 Å². The van der Waals surface area contributed by atoms with Crippen molar-refractivity contribution >= 4 is 5.97 Å². The van der Waals surface area contributed by atoms with Crippen LogP contribution in [0.15, 0.2) is 18.2 Å². The molecule has 0 aliphatic rings. The van der Waals surface area contributed by atoms with Gasteiger partial charge in [0.2, 0.25) is 5.75 Å². The molecule has 4 nitrogen and oxygen atoms in total. The Morgan fingerprint density at radius 2 is 1.74 bits per heavy atom. The number of methoxy groups -OCH3 is 2. The number of rotatable bonds is 5. The molecule has 0 radical (unpaired) electrons. The van der Waals surface area contributed by atoms with Gasteiger partial charge in [-0.3, -0.25) is 4.79 Å². The first-order chi connectivity index (χ1) is 8.90. The maximum atomic E-state index is 11.2. The Labute approximate surface area is 114 Å². The van der Waals surface area contributed by atoms with E-state index in [1.807, 2.05) is 19.9 Å². The molecule has 4 heteroatoms. The molecule has 0 atom stereocenters. The van der Waals surface area contributed by atoms with Crippen molar-refractivity contribution in [2.24, 2.45) is 0 Å². The summed E-state index contributed by atoms with van der Waals surface area (Å²) in [5, 5.41) is 0. The Morgan fingerprint density at radius 3 is 2.16 bits per heavy atom. The van der Waals surface area contributed by atoms with Gasteiger partial charge in [0, 0.05) is 12.5 Å². The topological polar surface area (TPSA) is 44.8 Å². The summed E-state index contributed by atoms with van der Waals surface area (Å²) in [6.07, 6.45) is 0.681. The molecule has 0 spiro atoms. The summed E-state index contributed by atoms with van der Waals surface area (Å²) in [6.45, 7) is 9.06. The summed E-state index contributed by atoms with van der Waals surface area (Å²) >= 11 is 0. The molecule has 0 unspecified atom stereocenters. The van der Waals surface area contributed by atoms with Crippen molar-refractivity contribution < 1.29 is 19.0 Å². The minimum atomic E-state index is -0.392. The molecule has 0 N–H and O–H groups in total. The molecule has 0 aromatic heterocycles. The van der Waals surface area contributed by atoms with Gasteiger partial charge in [0.15, 0.2) is 11.5 Å². The van der Waals surface area contributed by atoms with Gasteiger partial charge >= 0.3 is 5.97 Å². The van der Waals surface area contributed by atoms with Gasteiger partial charge in [0.1, 0.15) is 0 Å². The van der Waals surface area contributed by atoms with Gasteiger partial charge in [0.05, 0.1) is 14.2 Å². The van der Waals surface area contributed by atoms with Crippen LogP contribution in [-0.4, -0.2) is 20.2 Å². The number of carbonyl (C=O) groups excluding carboxylic acids is 1. The van der Waals surface area contributed by atoms with E-state index in [4.69, 9.17) is 14.2 Å². The molecule has 0 saturated heterocycles. The molecule has 0 bridgehead atoms. The van der Waals surface area contributed by atoms with Gasteiger partial charge in [-0.2, -0.15) is 0 Å². The van der Waals surface area contributed by atoms with Crippen LogP contribution >= 0.6 is 0 Å². The van der Waals surface area contributed by atoms with Crippen molar-refractivity contribution in [1.82, 2.24) is 0 Å². The first kappa shape index (κ1) is 15.1. The van der Waals surface area contributed by atoms with Crippen LogP contribution in [0.4, 0.5) is 0 Å². The zero-order valence-electron chi connectivity index (χ0n) is 12.1. The number of aryl methyl sites for hydroxylation is 1. The van der Waals surface area contributed by atoms with Crippen molar-refractivity contribution in [3.05, 3.63) is 29.3 Å². The SMILES string of the molecule is C=C(C)Cc1cc(C)c(OC(C)=O)c(OC)c1OC. The van der Waals surface area contributed by atoms with Gasteiger partial charge in [-0.05, 0) is 31.9 Å². The van der Waals surface area contributed by atoms with E-state index in [1.54, 1.807) is 7.11 Å². The van der Waals surface area contributed by atoms with Crippen LogP contribution in [0.2, 0.25) is 0 Å². The molecule has 0 fully saturated rings. The minimum absolute atomic E-state index is 0.392. The number of hydrogen-bond acceptors (Lipinski definition) is 4. The van der Waals surface area contributed by atoms with Crippen LogP contribution in [0.5, 0.6) is 17.2 Å². The summed E-state index contributed by atoms with van der Waals surface area (Å²) in [7, 11) is 3.08. The number of hydrogen-bond donors (Lipinski definition) is 0. The first-order valence-electron chi connectivity index (χ1n) is 5.98. The van der Waals surface area contributed by atoms with E-state index in [-0.39, 0.29) is 0 Å². The highest BCUT2D eigenvalue weighted by Gasteiger charge is 2.20. The highest BCUT2D eigenvalue weighted by Crippen LogP contribution is 2.43. The number of carbonyl (C=O) groups is 1. The molecule has 0 aliphatic carbocycles. The van der Waals surface area contributed by atoms with Crippen molar-refractivity contribution in [2.75, 3.05) is 14.2 Å². The van der Waals surface area contributed by atoms with Crippen LogP contribution in [0.25, 0.3) is 0 Å². The average molecular weight is 264 g/mol. The lowest BCUT2D eigenvalue weighted by molar-refractivity contribution is -0.132. The molecule has 0 heterocycles. The second-order valence-corrected chi connectivity index (χ2v) is 4.48. The third-order valence-electron chi connectivity index (χ3n) is 2.60. The largest absolute Gasteiger partial charge is 0.492 e. The molecule has 0 aliphatic heterocycles. The molecular weight excluding hydrogens is 244 g/mol. The molecule has 1 aromatic rings. The lowest BCUT2D eigenvalue weighted by Gasteiger charge is -2.18. The first-order valence-corrected chi connectivity index (χ1v) is 5.98. The number of esters is 1. The zero-order valence-corrected chi connectivity index (χ0v) is 12.1. The van der Waals surface area contributed by atoms with E-state index < -0.39 is 5.97 Å². The van der Waals surface area contributed by atoms with Crippen molar-refractivity contribution in [1.29, 1.82) is 0 Å². The normalized spacial score (nSPS) is 9.95. The van der Waals surface area contributed by atoms with Crippen molar-refractivity contribution in [2.45, 2.75) is 27.2 Å². The van der Waals surface area contributed by atoms with E-state index in [9.17, 15) is 4.79 Å². The number of ether oxygens (including phenoxy) is 3. The fourth-order valence-electron chi connectivity index (χ4n) is 1.96. The summed E-state index contributed by atoms with van der Waals surface area (Å²) in [5.41, 5.74) is 2.80. The van der Waals surface area contributed by atoms with Gasteiger partial charge in [-0.15, -0.1) is 0 Å². The number of benzene rings is 1. The lowest BCUT2D eigenvalue weighted by Crippen LogP contribution is -2.07. The Kier molecular flexibility index (Phi) is 4.98. The highest BCUT2D eigenvalue weighted by molar-refractivity contribution is 5.73. The molecule has 19 heavy (non-hydrogen) atoms. The van der Waals surface area contributed by atoms with E-state index in [1.165, 1.54) is 14.0 Å². The van der Waals surface area contributed by atoms with Gasteiger partial charge in [-0.1, -0.05) is 12.2 Å². The summed E-state index contributed by atoms with van der Waals surface area (Å²) < 4.78 is 15.9. The van der Waals surface area contributed by atoms with E-state index in [0.717, 1.165) is 16.7 Å². The Morgan fingerprint density at radius 1 is 1.16 bits per heavy atom. The third-order valence-corrected chi connectivity index (χ3v) is 2.60. The molecular formula is C15H20O4. The molecule has 1 rings (SSSR count). The van der Waals surface area contributed by atoms with Crippen LogP contribution in [0.3, 0.4) is 0 Å². The monoisotopic (exact) mass is 264 g/mol. The van der Waals surface area contributed by atoms with Gasteiger partial charge < -0.3 is 14.2 Å². The average Bonchev–Trinajstić information content (AvgIpc) is 2.30. The van der Waals surface area contributed by atoms with Crippen LogP contribution in [-0.2, 0) is 11.2 Å². The fraction of sp³-hybridized carbons (Fsp3) is 0.400. The minimum Gasteiger partial charge on any atom is -0.492 e. The van der Waals surface area contributed by atoms with Gasteiger partial charge in [-0.25, -0.2) is 0 Å². The van der Waals surface area contributed by atoms with Crippen molar-refractivity contribution in [3.63, 3.8) is 0 Å². The maximum absolute atomic E-state index is 11.2. The molecule has 1 aromatic carbocycles. The fourth-order valence-corrected chi connectivity index (χ4v) is 1.96. The lowest BCUT2D eigenvalue weighted by atomic mass is 10.0. The van der Waals surface area contributed by atoms with E-state index in [0.29, 0.717) is 23.7 Å². The van der Waals surface area contributed by atoms with E-state index >= 15 is 0 Å². The second-order valence-electron chi connectivity index (χ2n) is 4.48. The van der Waals surface area contributed by atoms with Crippen LogP contribution < -0.4 is 14.2 Å². The smallest absolute Gasteiger partial charge is 0.308 e. The van der Waals surface area contributed by atoms with Crippen LogP contribution in [0, 0.1) is 6.92 Å². The summed E-state index contributed by atoms with van der Waals surface area (Å²) in [5.74, 6) is 1.02. The standard InChI is InChI=1S/C15H20O4/c1-9(2)7-12-8-10(3)13(19-11(4)16)15(18-6)14(12)17-5/h8H,1,7H2,2-6H3. The summed E-state index contributed by atoms with van der Waals surface area (Å²) in [6, 6.07) is 1.92. The highest BCUT2D eigenvalue weighted by atomic mass is 16.6. The van der Waals surface area contributed by atoms with Crippen LogP contribution in [0.1, 0.15) is 25.0 Å². The predicted octanol–water partition coefficient (Wildman–Crippen LogP) is 3.06. The Balaban J connectivity index is 3.43.